The monoisotopic (exact) mass is 614 g/mol. The minimum Gasteiger partial charge on any atom is -0.493 e. The topological polar surface area (TPSA) is 133 Å². The molecule has 0 saturated heterocycles. The number of rotatable bonds is 6. The smallest absolute Gasteiger partial charge is 0.309 e. The van der Waals surface area contributed by atoms with Gasteiger partial charge in [-0.3, -0.25) is 9.48 Å². The van der Waals surface area contributed by atoms with Gasteiger partial charge in [-0.25, -0.2) is 9.97 Å². The fourth-order valence-electron chi connectivity index (χ4n) is 3.92. The third-order valence-corrected chi connectivity index (χ3v) is 6.51. The summed E-state index contributed by atoms with van der Waals surface area (Å²) in [7, 11) is 0. The van der Waals surface area contributed by atoms with Crippen LogP contribution in [0.2, 0.25) is 0 Å². The van der Waals surface area contributed by atoms with Crippen molar-refractivity contribution in [2.75, 3.05) is 11.9 Å². The number of alkyl halides is 1. The number of benzene rings is 1. The Morgan fingerprint density at radius 2 is 2.11 bits per heavy atom. The van der Waals surface area contributed by atoms with E-state index in [1.54, 1.807) is 12.4 Å². The molecule has 0 spiro atoms. The number of anilines is 2. The SMILES string of the molecule is CC(C)(C)c1nnc(C(=O)NC2CCCOc3cc(-c4ccnc(Nc5cnn(CI)c5)n4)ccc32)o1. The van der Waals surface area contributed by atoms with Crippen molar-refractivity contribution in [3.63, 3.8) is 0 Å². The number of carbonyl (C=O) groups is 1. The molecule has 4 heterocycles. The van der Waals surface area contributed by atoms with Gasteiger partial charge in [0.2, 0.25) is 11.8 Å². The summed E-state index contributed by atoms with van der Waals surface area (Å²) in [5.41, 5.74) is 3.00. The molecule has 37 heavy (non-hydrogen) atoms. The molecule has 12 heteroatoms. The lowest BCUT2D eigenvalue weighted by atomic mass is 9.97. The molecule has 1 amide bonds. The van der Waals surface area contributed by atoms with Crippen molar-refractivity contribution in [1.29, 1.82) is 0 Å². The van der Waals surface area contributed by atoms with Gasteiger partial charge in [0.25, 0.3) is 0 Å². The van der Waals surface area contributed by atoms with Gasteiger partial charge in [0.15, 0.2) is 0 Å². The average molecular weight is 614 g/mol. The van der Waals surface area contributed by atoms with Crippen molar-refractivity contribution >= 4 is 40.1 Å². The third kappa shape index (κ3) is 5.73. The summed E-state index contributed by atoms with van der Waals surface area (Å²) < 4.78 is 14.2. The molecular formula is C25H27IN8O3. The van der Waals surface area contributed by atoms with Crippen molar-refractivity contribution in [2.45, 2.75) is 49.6 Å². The molecule has 5 rings (SSSR count). The quantitative estimate of drug-likeness (QED) is 0.232. The molecule has 1 aliphatic heterocycles. The molecule has 3 aromatic heterocycles. The third-order valence-electron chi connectivity index (χ3n) is 5.81. The predicted molar refractivity (Wildman–Crippen MR) is 145 cm³/mol. The van der Waals surface area contributed by atoms with Crippen LogP contribution in [0, 0.1) is 0 Å². The number of amides is 1. The second-order valence-electron chi connectivity index (χ2n) is 9.71. The van der Waals surface area contributed by atoms with Crippen molar-refractivity contribution in [3.8, 4) is 17.0 Å². The Morgan fingerprint density at radius 1 is 1.24 bits per heavy atom. The van der Waals surface area contributed by atoms with Crippen molar-refractivity contribution in [2.24, 2.45) is 0 Å². The Morgan fingerprint density at radius 3 is 2.86 bits per heavy atom. The molecule has 0 fully saturated rings. The zero-order valence-electron chi connectivity index (χ0n) is 20.7. The van der Waals surface area contributed by atoms with Crippen LogP contribution in [0.3, 0.4) is 0 Å². The molecule has 1 unspecified atom stereocenters. The lowest BCUT2D eigenvalue weighted by Crippen LogP contribution is -2.28. The van der Waals surface area contributed by atoms with Gasteiger partial charge in [-0.05, 0) is 25.0 Å². The lowest BCUT2D eigenvalue weighted by Gasteiger charge is -2.18. The number of nitrogens with one attached hydrogen (secondary N) is 2. The van der Waals surface area contributed by atoms with E-state index in [0.717, 1.165) is 39.9 Å². The number of carbonyl (C=O) groups excluding carboxylic acids is 1. The first-order valence-electron chi connectivity index (χ1n) is 11.9. The zero-order chi connectivity index (χ0) is 26.0. The van der Waals surface area contributed by atoms with Gasteiger partial charge in [0.05, 0.1) is 34.8 Å². The highest BCUT2D eigenvalue weighted by Crippen LogP contribution is 2.35. The molecule has 1 aromatic carbocycles. The van der Waals surface area contributed by atoms with E-state index in [9.17, 15) is 4.79 Å². The number of halogens is 1. The fourth-order valence-corrected chi connectivity index (χ4v) is 4.30. The van der Waals surface area contributed by atoms with E-state index in [1.807, 2.05) is 55.9 Å². The Balaban J connectivity index is 1.35. The molecular weight excluding hydrogens is 587 g/mol. The Kier molecular flexibility index (Phi) is 7.09. The van der Waals surface area contributed by atoms with E-state index >= 15 is 0 Å². The summed E-state index contributed by atoms with van der Waals surface area (Å²) in [6.07, 6.45) is 6.85. The van der Waals surface area contributed by atoms with Gasteiger partial charge in [0, 0.05) is 28.9 Å². The molecule has 0 aliphatic carbocycles. The van der Waals surface area contributed by atoms with Crippen LogP contribution in [0.1, 0.15) is 61.8 Å². The number of aromatic nitrogens is 6. The first-order chi connectivity index (χ1) is 17.8. The van der Waals surface area contributed by atoms with E-state index in [4.69, 9.17) is 9.15 Å². The number of fused-ring (bicyclic) bond motifs is 1. The Labute approximate surface area is 227 Å². The van der Waals surface area contributed by atoms with Gasteiger partial charge in [-0.2, -0.15) is 5.10 Å². The molecule has 1 atom stereocenters. The number of hydrogen-bond acceptors (Lipinski definition) is 9. The van der Waals surface area contributed by atoms with E-state index < -0.39 is 5.91 Å². The lowest BCUT2D eigenvalue weighted by molar-refractivity contribution is 0.0896. The van der Waals surface area contributed by atoms with E-state index in [0.29, 0.717) is 24.2 Å². The summed E-state index contributed by atoms with van der Waals surface area (Å²) >= 11 is 2.24. The van der Waals surface area contributed by atoms with Crippen LogP contribution >= 0.6 is 22.6 Å². The van der Waals surface area contributed by atoms with Crippen LogP contribution in [0.4, 0.5) is 11.6 Å². The predicted octanol–water partition coefficient (Wildman–Crippen LogP) is 4.80. The van der Waals surface area contributed by atoms with Crippen LogP contribution in [-0.4, -0.2) is 42.5 Å². The first-order valence-corrected chi connectivity index (χ1v) is 13.4. The average Bonchev–Trinajstić information content (AvgIpc) is 3.52. The van der Waals surface area contributed by atoms with Gasteiger partial charge in [-0.1, -0.05) is 55.5 Å². The second kappa shape index (κ2) is 10.4. The summed E-state index contributed by atoms with van der Waals surface area (Å²) in [5, 5.41) is 18.5. The Bertz CT molecular complexity index is 1410. The van der Waals surface area contributed by atoms with Gasteiger partial charge < -0.3 is 19.8 Å². The van der Waals surface area contributed by atoms with Crippen molar-refractivity contribution in [3.05, 3.63) is 60.2 Å². The summed E-state index contributed by atoms with van der Waals surface area (Å²) in [6, 6.07) is 7.48. The van der Waals surface area contributed by atoms with Crippen LogP contribution in [0.5, 0.6) is 5.75 Å². The summed E-state index contributed by atoms with van der Waals surface area (Å²) in [4.78, 5) is 21.9. The number of ether oxygens (including phenoxy) is 1. The van der Waals surface area contributed by atoms with Gasteiger partial charge in [-0.15, -0.1) is 10.2 Å². The molecule has 192 valence electrons. The van der Waals surface area contributed by atoms with E-state index in [2.05, 4.69) is 58.5 Å². The molecule has 4 aromatic rings. The van der Waals surface area contributed by atoms with Crippen LogP contribution in [0.25, 0.3) is 11.3 Å². The molecule has 2 N–H and O–H groups in total. The molecule has 1 aliphatic rings. The van der Waals surface area contributed by atoms with Gasteiger partial charge in [0.1, 0.15) is 5.75 Å². The normalized spacial score (nSPS) is 15.4. The minimum absolute atomic E-state index is 0.0432. The van der Waals surface area contributed by atoms with E-state index in [1.165, 1.54) is 0 Å². The highest BCUT2D eigenvalue weighted by molar-refractivity contribution is 14.1. The van der Waals surface area contributed by atoms with E-state index in [-0.39, 0.29) is 17.3 Å². The molecule has 0 saturated carbocycles. The number of hydrogen-bond donors (Lipinski definition) is 2. The standard InChI is InChI=1S/C25H27IN8O3/c1-25(2,3)23-33-32-22(37-23)21(35)30-19-5-4-10-36-20-11-15(6-7-17(19)20)18-8-9-27-24(31-18)29-16-12-28-34(13-16)14-26/h6-9,11-13,19H,4-5,10,14H2,1-3H3,(H,30,35)(H,27,29,31). The summed E-state index contributed by atoms with van der Waals surface area (Å²) in [6.45, 7) is 6.41. The maximum absolute atomic E-state index is 12.9. The zero-order valence-corrected chi connectivity index (χ0v) is 22.9. The highest BCUT2D eigenvalue weighted by atomic mass is 127. The Hall–Kier alpha value is -3.55. The van der Waals surface area contributed by atoms with Crippen LogP contribution < -0.4 is 15.4 Å². The molecule has 0 radical (unpaired) electrons. The molecule has 11 nitrogen and oxygen atoms in total. The fraction of sp³-hybridized carbons (Fsp3) is 0.360. The van der Waals surface area contributed by atoms with Crippen LogP contribution in [-0.2, 0) is 9.97 Å². The molecule has 0 bridgehead atoms. The maximum atomic E-state index is 12.9. The maximum Gasteiger partial charge on any atom is 0.309 e. The first kappa shape index (κ1) is 25.1. The van der Waals surface area contributed by atoms with Crippen molar-refractivity contribution < 1.29 is 13.9 Å². The second-order valence-corrected chi connectivity index (χ2v) is 10.4. The van der Waals surface area contributed by atoms with Crippen molar-refractivity contribution in [1.82, 2.24) is 35.3 Å². The largest absolute Gasteiger partial charge is 0.493 e. The summed E-state index contributed by atoms with van der Waals surface area (Å²) in [5.74, 6) is 1.16. The van der Waals surface area contributed by atoms with Gasteiger partial charge >= 0.3 is 11.8 Å². The minimum atomic E-state index is -0.401. The number of nitrogens with zero attached hydrogens (tertiary/aromatic N) is 6. The highest BCUT2D eigenvalue weighted by Gasteiger charge is 2.27. The van der Waals surface area contributed by atoms with Crippen LogP contribution in [0.15, 0.2) is 47.3 Å².